The Morgan fingerprint density at radius 3 is 2.48 bits per heavy atom. The van der Waals surface area contributed by atoms with Crippen molar-refractivity contribution in [3.8, 4) is 0 Å². The van der Waals surface area contributed by atoms with E-state index in [9.17, 15) is 14.0 Å². The SMILES string of the molecule is CC(C)(C)OC(=O)N(NC(=O)C1CCCN1)c1ccc(F)cc1. The van der Waals surface area contributed by atoms with Gasteiger partial charge in [0.25, 0.3) is 5.91 Å². The molecule has 2 amide bonds. The Bertz CT molecular complexity index is 563. The molecule has 1 aromatic carbocycles. The predicted molar refractivity (Wildman–Crippen MR) is 84.3 cm³/mol. The molecule has 0 bridgehead atoms. The van der Waals surface area contributed by atoms with Gasteiger partial charge >= 0.3 is 6.09 Å². The molecule has 1 aliphatic rings. The minimum Gasteiger partial charge on any atom is -0.442 e. The number of benzene rings is 1. The van der Waals surface area contributed by atoms with Crippen LogP contribution < -0.4 is 15.8 Å². The summed E-state index contributed by atoms with van der Waals surface area (Å²) in [6, 6.07) is 4.89. The van der Waals surface area contributed by atoms with E-state index < -0.39 is 17.5 Å². The molecule has 2 rings (SSSR count). The van der Waals surface area contributed by atoms with E-state index >= 15 is 0 Å². The van der Waals surface area contributed by atoms with E-state index in [1.807, 2.05) is 0 Å². The van der Waals surface area contributed by atoms with E-state index in [1.54, 1.807) is 20.8 Å². The van der Waals surface area contributed by atoms with Crippen molar-refractivity contribution in [2.24, 2.45) is 0 Å². The molecule has 0 saturated carbocycles. The zero-order chi connectivity index (χ0) is 17.0. The Balaban J connectivity index is 2.18. The van der Waals surface area contributed by atoms with Gasteiger partial charge in [-0.05, 0) is 64.4 Å². The fraction of sp³-hybridized carbons (Fsp3) is 0.500. The molecular weight excluding hydrogens is 301 g/mol. The van der Waals surface area contributed by atoms with E-state index in [1.165, 1.54) is 24.3 Å². The van der Waals surface area contributed by atoms with Crippen molar-refractivity contribution in [2.45, 2.75) is 45.3 Å². The van der Waals surface area contributed by atoms with Crippen LogP contribution in [0.15, 0.2) is 24.3 Å². The summed E-state index contributed by atoms with van der Waals surface area (Å²) in [4.78, 5) is 24.6. The number of anilines is 1. The normalized spacial score (nSPS) is 17.7. The summed E-state index contributed by atoms with van der Waals surface area (Å²) in [5.41, 5.74) is 2.16. The van der Waals surface area contributed by atoms with Crippen LogP contribution in [0.2, 0.25) is 0 Å². The van der Waals surface area contributed by atoms with Crippen LogP contribution in [0.25, 0.3) is 0 Å². The highest BCUT2D eigenvalue weighted by Crippen LogP contribution is 2.18. The molecule has 7 heteroatoms. The van der Waals surface area contributed by atoms with Crippen molar-refractivity contribution in [3.63, 3.8) is 0 Å². The first-order valence-electron chi connectivity index (χ1n) is 7.59. The topological polar surface area (TPSA) is 70.7 Å². The van der Waals surface area contributed by atoms with Gasteiger partial charge in [0, 0.05) is 0 Å². The summed E-state index contributed by atoms with van der Waals surface area (Å²) in [5, 5.41) is 4.07. The zero-order valence-electron chi connectivity index (χ0n) is 13.6. The van der Waals surface area contributed by atoms with Crippen LogP contribution in [0.1, 0.15) is 33.6 Å². The van der Waals surface area contributed by atoms with Crippen LogP contribution in [0.5, 0.6) is 0 Å². The number of hydrogen-bond acceptors (Lipinski definition) is 4. The largest absolute Gasteiger partial charge is 0.442 e. The predicted octanol–water partition coefficient (Wildman–Crippen LogP) is 2.35. The lowest BCUT2D eigenvalue weighted by Gasteiger charge is -2.28. The first-order chi connectivity index (χ1) is 10.8. The average Bonchev–Trinajstić information content (AvgIpc) is 2.98. The molecule has 1 fully saturated rings. The lowest BCUT2D eigenvalue weighted by atomic mass is 10.2. The standard InChI is InChI=1S/C16H22FN3O3/c1-16(2,3)23-15(22)20(12-8-6-11(17)7-9-12)19-14(21)13-5-4-10-18-13/h6-9,13,18H,4-5,10H2,1-3H3,(H,19,21). The molecule has 0 aromatic heterocycles. The molecule has 1 atom stereocenters. The Hall–Kier alpha value is -2.15. The maximum Gasteiger partial charge on any atom is 0.434 e. The lowest BCUT2D eigenvalue weighted by molar-refractivity contribution is -0.123. The molecule has 0 radical (unpaired) electrons. The van der Waals surface area contributed by atoms with Crippen molar-refractivity contribution >= 4 is 17.7 Å². The molecule has 6 nitrogen and oxygen atoms in total. The third-order valence-corrected chi connectivity index (χ3v) is 3.26. The summed E-state index contributed by atoms with van der Waals surface area (Å²) < 4.78 is 18.4. The van der Waals surface area contributed by atoms with Crippen molar-refractivity contribution in [3.05, 3.63) is 30.1 Å². The van der Waals surface area contributed by atoms with Gasteiger partial charge in [0.1, 0.15) is 11.4 Å². The average molecular weight is 323 g/mol. The Labute approximate surface area is 135 Å². The highest BCUT2D eigenvalue weighted by atomic mass is 19.1. The molecule has 126 valence electrons. The number of amides is 2. The van der Waals surface area contributed by atoms with Crippen molar-refractivity contribution in [1.82, 2.24) is 10.7 Å². The molecular formula is C16H22FN3O3. The van der Waals surface area contributed by atoms with Crippen LogP contribution in [0, 0.1) is 5.82 Å². The van der Waals surface area contributed by atoms with Gasteiger partial charge in [-0.3, -0.25) is 10.2 Å². The van der Waals surface area contributed by atoms with E-state index in [2.05, 4.69) is 10.7 Å². The third-order valence-electron chi connectivity index (χ3n) is 3.26. The number of carbonyl (C=O) groups excluding carboxylic acids is 2. The highest BCUT2D eigenvalue weighted by Gasteiger charge is 2.29. The van der Waals surface area contributed by atoms with Crippen molar-refractivity contribution in [1.29, 1.82) is 0 Å². The maximum atomic E-state index is 13.1. The molecule has 0 aliphatic carbocycles. The fourth-order valence-electron chi connectivity index (χ4n) is 2.21. The Morgan fingerprint density at radius 1 is 1.30 bits per heavy atom. The second kappa shape index (κ2) is 6.95. The quantitative estimate of drug-likeness (QED) is 0.820. The highest BCUT2D eigenvalue weighted by molar-refractivity contribution is 5.93. The van der Waals surface area contributed by atoms with Gasteiger partial charge in [-0.2, -0.15) is 5.01 Å². The summed E-state index contributed by atoms with van der Waals surface area (Å²) in [6.45, 7) is 5.96. The Kier molecular flexibility index (Phi) is 5.20. The number of rotatable bonds is 2. The maximum absolute atomic E-state index is 13.1. The fourth-order valence-corrected chi connectivity index (χ4v) is 2.21. The number of hydrogen-bond donors (Lipinski definition) is 2. The summed E-state index contributed by atoms with van der Waals surface area (Å²) in [7, 11) is 0. The smallest absolute Gasteiger partial charge is 0.434 e. The van der Waals surface area contributed by atoms with Crippen LogP contribution in [-0.4, -0.2) is 30.2 Å². The van der Waals surface area contributed by atoms with E-state index in [0.717, 1.165) is 18.0 Å². The van der Waals surface area contributed by atoms with Gasteiger partial charge in [0.15, 0.2) is 0 Å². The third kappa shape index (κ3) is 4.92. The van der Waals surface area contributed by atoms with Crippen LogP contribution in [0.4, 0.5) is 14.9 Å². The van der Waals surface area contributed by atoms with Gasteiger partial charge in [-0.1, -0.05) is 0 Å². The minimum atomic E-state index is -0.726. The van der Waals surface area contributed by atoms with Gasteiger partial charge in [0.2, 0.25) is 0 Å². The van der Waals surface area contributed by atoms with E-state index in [4.69, 9.17) is 4.74 Å². The number of ether oxygens (including phenoxy) is 1. The van der Waals surface area contributed by atoms with Crippen LogP contribution in [0.3, 0.4) is 0 Å². The summed E-state index contributed by atoms with van der Waals surface area (Å²) >= 11 is 0. The number of carbonyl (C=O) groups is 2. The van der Waals surface area contributed by atoms with E-state index in [-0.39, 0.29) is 11.9 Å². The molecule has 0 spiro atoms. The van der Waals surface area contributed by atoms with Crippen molar-refractivity contribution < 1.29 is 18.7 Å². The minimum absolute atomic E-state index is 0.322. The first kappa shape index (κ1) is 17.2. The summed E-state index contributed by atoms with van der Waals surface area (Å²) in [5.74, 6) is -0.751. The monoisotopic (exact) mass is 323 g/mol. The van der Waals surface area contributed by atoms with Gasteiger partial charge in [0.05, 0.1) is 11.7 Å². The number of halogens is 1. The number of hydrazine groups is 1. The molecule has 1 saturated heterocycles. The zero-order valence-corrected chi connectivity index (χ0v) is 13.6. The number of nitrogens with zero attached hydrogens (tertiary/aromatic N) is 1. The van der Waals surface area contributed by atoms with Gasteiger partial charge in [-0.25, -0.2) is 9.18 Å². The molecule has 1 aromatic rings. The molecule has 1 aliphatic heterocycles. The van der Waals surface area contributed by atoms with Crippen LogP contribution >= 0.6 is 0 Å². The van der Waals surface area contributed by atoms with E-state index in [0.29, 0.717) is 12.1 Å². The summed E-state index contributed by atoms with van der Waals surface area (Å²) in [6.07, 6.45) is 0.883. The molecule has 1 heterocycles. The molecule has 1 unspecified atom stereocenters. The van der Waals surface area contributed by atoms with Crippen LogP contribution in [-0.2, 0) is 9.53 Å². The van der Waals surface area contributed by atoms with Gasteiger partial charge < -0.3 is 10.1 Å². The van der Waals surface area contributed by atoms with Crippen molar-refractivity contribution in [2.75, 3.05) is 11.6 Å². The second-order valence-corrected chi connectivity index (χ2v) is 6.42. The van der Waals surface area contributed by atoms with Gasteiger partial charge in [-0.15, -0.1) is 0 Å². The Morgan fingerprint density at radius 2 is 1.96 bits per heavy atom. The first-order valence-corrected chi connectivity index (χ1v) is 7.59. The molecule has 2 N–H and O–H groups in total. The second-order valence-electron chi connectivity index (χ2n) is 6.42. The lowest BCUT2D eigenvalue weighted by Crippen LogP contribution is -2.53. The molecule has 23 heavy (non-hydrogen) atoms. The number of nitrogens with one attached hydrogen (secondary N) is 2.